The van der Waals surface area contributed by atoms with Crippen LogP contribution in [0.15, 0.2) is 30.5 Å². The maximum atomic E-state index is 4.49. The third kappa shape index (κ3) is 2.68. The molecular formula is C15H22N2. The van der Waals surface area contributed by atoms with Gasteiger partial charge in [-0.05, 0) is 42.9 Å². The molecule has 1 aromatic rings. The van der Waals surface area contributed by atoms with E-state index in [-0.39, 0.29) is 0 Å². The number of rotatable bonds is 3. The second-order valence-electron chi connectivity index (χ2n) is 5.38. The Labute approximate surface area is 104 Å². The van der Waals surface area contributed by atoms with Crippen molar-refractivity contribution in [1.82, 2.24) is 4.98 Å². The highest BCUT2D eigenvalue weighted by Crippen LogP contribution is 2.27. The Bertz CT molecular complexity index is 409. The summed E-state index contributed by atoms with van der Waals surface area (Å²) in [6.07, 6.45) is 3.14. The van der Waals surface area contributed by atoms with Crippen LogP contribution >= 0.6 is 0 Å². The third-order valence-corrected chi connectivity index (χ3v) is 3.65. The van der Waals surface area contributed by atoms with Gasteiger partial charge in [-0.15, -0.1) is 0 Å². The van der Waals surface area contributed by atoms with Crippen LogP contribution in [-0.4, -0.2) is 18.1 Å². The highest BCUT2D eigenvalue weighted by molar-refractivity contribution is 5.43. The van der Waals surface area contributed by atoms with Gasteiger partial charge in [0.2, 0.25) is 0 Å². The van der Waals surface area contributed by atoms with E-state index in [1.807, 2.05) is 6.20 Å². The second kappa shape index (κ2) is 4.91. The predicted molar refractivity (Wildman–Crippen MR) is 73.5 cm³/mol. The first kappa shape index (κ1) is 12.2. The molecule has 0 amide bonds. The maximum Gasteiger partial charge on any atom is 0.128 e. The minimum atomic E-state index is 0.566. The van der Waals surface area contributed by atoms with Crippen LogP contribution in [0.3, 0.4) is 0 Å². The predicted octanol–water partition coefficient (Wildman–Crippen LogP) is 3.61. The molecule has 92 valence electrons. The Morgan fingerprint density at radius 2 is 2.29 bits per heavy atom. The van der Waals surface area contributed by atoms with Crippen molar-refractivity contribution in [3.8, 4) is 0 Å². The molecule has 0 aliphatic carbocycles. The summed E-state index contributed by atoms with van der Waals surface area (Å²) in [5, 5.41) is 0. The summed E-state index contributed by atoms with van der Waals surface area (Å²) in [7, 11) is 0. The van der Waals surface area contributed by atoms with Crippen LogP contribution in [0.2, 0.25) is 0 Å². The quantitative estimate of drug-likeness (QED) is 0.737. The molecule has 2 nitrogen and oxygen atoms in total. The molecule has 17 heavy (non-hydrogen) atoms. The monoisotopic (exact) mass is 230 g/mol. The summed E-state index contributed by atoms with van der Waals surface area (Å²) < 4.78 is 0. The number of pyridine rings is 1. The Balaban J connectivity index is 2.13. The molecule has 0 spiro atoms. The van der Waals surface area contributed by atoms with Crippen molar-refractivity contribution < 1.29 is 0 Å². The number of nitrogens with zero attached hydrogens (tertiary/aromatic N) is 2. The van der Waals surface area contributed by atoms with Crippen LogP contribution in [-0.2, 0) is 0 Å². The molecule has 1 saturated heterocycles. The Morgan fingerprint density at radius 3 is 2.88 bits per heavy atom. The van der Waals surface area contributed by atoms with Gasteiger partial charge in [-0.1, -0.05) is 26.0 Å². The average Bonchev–Trinajstić information content (AvgIpc) is 2.78. The molecular weight excluding hydrogens is 208 g/mol. The fraction of sp³-hybridized carbons (Fsp3) is 0.533. The van der Waals surface area contributed by atoms with Crippen molar-refractivity contribution in [3.05, 3.63) is 36.0 Å². The molecule has 1 atom stereocenters. The molecule has 0 N–H and O–H groups in total. The van der Waals surface area contributed by atoms with E-state index in [4.69, 9.17) is 0 Å². The van der Waals surface area contributed by atoms with E-state index in [2.05, 4.69) is 49.4 Å². The topological polar surface area (TPSA) is 16.1 Å². The summed E-state index contributed by atoms with van der Waals surface area (Å²) in [4.78, 5) is 6.87. The Hall–Kier alpha value is -1.31. The SMILES string of the molecule is C=C(C)C1CCN(c2cc(C(C)C)ccn2)C1. The Kier molecular flexibility index (Phi) is 3.51. The number of hydrogen-bond acceptors (Lipinski definition) is 2. The van der Waals surface area contributed by atoms with Crippen molar-refractivity contribution in [2.75, 3.05) is 18.0 Å². The summed E-state index contributed by atoms with van der Waals surface area (Å²) in [5.74, 6) is 2.33. The lowest BCUT2D eigenvalue weighted by Crippen LogP contribution is -2.21. The van der Waals surface area contributed by atoms with Crippen LogP contribution in [0.25, 0.3) is 0 Å². The van der Waals surface area contributed by atoms with E-state index in [1.165, 1.54) is 17.6 Å². The molecule has 1 aliphatic heterocycles. The van der Waals surface area contributed by atoms with Gasteiger partial charge in [0.25, 0.3) is 0 Å². The molecule has 0 bridgehead atoms. The molecule has 0 aromatic carbocycles. The first-order chi connectivity index (χ1) is 8.08. The van der Waals surface area contributed by atoms with Gasteiger partial charge in [0.15, 0.2) is 0 Å². The van der Waals surface area contributed by atoms with Crippen molar-refractivity contribution in [2.24, 2.45) is 5.92 Å². The fourth-order valence-corrected chi connectivity index (χ4v) is 2.34. The van der Waals surface area contributed by atoms with Gasteiger partial charge in [0, 0.05) is 19.3 Å². The van der Waals surface area contributed by atoms with Gasteiger partial charge in [0.05, 0.1) is 0 Å². The first-order valence-corrected chi connectivity index (χ1v) is 6.44. The maximum absolute atomic E-state index is 4.49. The third-order valence-electron chi connectivity index (χ3n) is 3.65. The molecule has 0 saturated carbocycles. The van der Waals surface area contributed by atoms with E-state index >= 15 is 0 Å². The van der Waals surface area contributed by atoms with E-state index in [0.29, 0.717) is 11.8 Å². The number of aromatic nitrogens is 1. The fourth-order valence-electron chi connectivity index (χ4n) is 2.34. The van der Waals surface area contributed by atoms with Crippen molar-refractivity contribution in [3.63, 3.8) is 0 Å². The van der Waals surface area contributed by atoms with Crippen LogP contribution in [0.4, 0.5) is 5.82 Å². The van der Waals surface area contributed by atoms with Gasteiger partial charge in [-0.2, -0.15) is 0 Å². The van der Waals surface area contributed by atoms with Crippen molar-refractivity contribution in [1.29, 1.82) is 0 Å². The van der Waals surface area contributed by atoms with Crippen LogP contribution in [0, 0.1) is 5.92 Å². The van der Waals surface area contributed by atoms with E-state index < -0.39 is 0 Å². The van der Waals surface area contributed by atoms with Crippen LogP contribution in [0.1, 0.15) is 38.7 Å². The summed E-state index contributed by atoms with van der Waals surface area (Å²) in [5.41, 5.74) is 2.67. The molecule has 2 heteroatoms. The molecule has 0 radical (unpaired) electrons. The molecule has 1 fully saturated rings. The van der Waals surface area contributed by atoms with Gasteiger partial charge >= 0.3 is 0 Å². The zero-order chi connectivity index (χ0) is 12.4. The average molecular weight is 230 g/mol. The summed E-state index contributed by atoms with van der Waals surface area (Å²) in [6.45, 7) is 12.8. The van der Waals surface area contributed by atoms with E-state index in [0.717, 1.165) is 18.9 Å². The lowest BCUT2D eigenvalue weighted by molar-refractivity contribution is 0.692. The van der Waals surface area contributed by atoms with Crippen LogP contribution in [0.5, 0.6) is 0 Å². The lowest BCUT2D eigenvalue weighted by atomic mass is 10.0. The standard InChI is InChI=1S/C15H22N2/c1-11(2)13-5-7-16-15(9-13)17-8-6-14(10-17)12(3)4/h5,7,9,11,14H,3,6,8,10H2,1-2,4H3. The van der Waals surface area contributed by atoms with Gasteiger partial charge in [-0.3, -0.25) is 0 Å². The smallest absolute Gasteiger partial charge is 0.128 e. The summed E-state index contributed by atoms with van der Waals surface area (Å²) in [6, 6.07) is 4.34. The lowest BCUT2D eigenvalue weighted by Gasteiger charge is -2.19. The van der Waals surface area contributed by atoms with E-state index in [1.54, 1.807) is 0 Å². The molecule has 2 rings (SSSR count). The zero-order valence-corrected chi connectivity index (χ0v) is 11.1. The van der Waals surface area contributed by atoms with Crippen molar-refractivity contribution in [2.45, 2.75) is 33.1 Å². The number of hydrogen-bond donors (Lipinski definition) is 0. The number of anilines is 1. The van der Waals surface area contributed by atoms with E-state index in [9.17, 15) is 0 Å². The molecule has 2 heterocycles. The summed E-state index contributed by atoms with van der Waals surface area (Å²) >= 11 is 0. The van der Waals surface area contributed by atoms with Gasteiger partial charge in [0.1, 0.15) is 5.82 Å². The van der Waals surface area contributed by atoms with Gasteiger partial charge < -0.3 is 4.90 Å². The van der Waals surface area contributed by atoms with Crippen LogP contribution < -0.4 is 4.90 Å². The zero-order valence-electron chi connectivity index (χ0n) is 11.1. The Morgan fingerprint density at radius 1 is 1.53 bits per heavy atom. The molecule has 1 aliphatic rings. The molecule has 1 aromatic heterocycles. The molecule has 1 unspecified atom stereocenters. The largest absolute Gasteiger partial charge is 0.356 e. The highest BCUT2D eigenvalue weighted by atomic mass is 15.2. The minimum Gasteiger partial charge on any atom is -0.356 e. The second-order valence-corrected chi connectivity index (χ2v) is 5.38. The first-order valence-electron chi connectivity index (χ1n) is 6.44. The van der Waals surface area contributed by atoms with Gasteiger partial charge in [-0.25, -0.2) is 4.98 Å². The highest BCUT2D eigenvalue weighted by Gasteiger charge is 2.23. The normalized spacial score (nSPS) is 20.0. The minimum absolute atomic E-state index is 0.566. The van der Waals surface area contributed by atoms with Crippen molar-refractivity contribution >= 4 is 5.82 Å².